The van der Waals surface area contributed by atoms with Crippen molar-refractivity contribution in [1.29, 1.82) is 0 Å². The molecular weight excluding hydrogens is 272 g/mol. The molecule has 1 aliphatic heterocycles. The average molecular weight is 294 g/mol. The van der Waals surface area contributed by atoms with Gasteiger partial charge < -0.3 is 9.47 Å². The molecule has 22 heavy (non-hydrogen) atoms. The van der Waals surface area contributed by atoms with Gasteiger partial charge in [-0.1, -0.05) is 54.6 Å². The van der Waals surface area contributed by atoms with E-state index in [0.717, 1.165) is 19.4 Å². The second-order valence-electron chi connectivity index (χ2n) is 6.29. The molecule has 1 saturated heterocycles. The highest BCUT2D eigenvalue weighted by Gasteiger charge is 2.50. The van der Waals surface area contributed by atoms with Crippen molar-refractivity contribution in [3.05, 3.63) is 60.2 Å². The normalized spacial score (nSPS) is 25.9. The molecule has 1 saturated carbocycles. The van der Waals surface area contributed by atoms with Crippen molar-refractivity contribution in [3.8, 4) is 11.1 Å². The van der Waals surface area contributed by atoms with E-state index in [1.165, 1.54) is 29.5 Å². The van der Waals surface area contributed by atoms with Crippen LogP contribution in [0.15, 0.2) is 54.6 Å². The molecule has 0 N–H and O–H groups in total. The molecule has 0 radical (unpaired) electrons. The Morgan fingerprint density at radius 1 is 0.909 bits per heavy atom. The van der Waals surface area contributed by atoms with Gasteiger partial charge in [0.25, 0.3) is 0 Å². The second-order valence-corrected chi connectivity index (χ2v) is 6.29. The van der Waals surface area contributed by atoms with Gasteiger partial charge in [-0.2, -0.15) is 0 Å². The molecule has 0 spiro atoms. The van der Waals surface area contributed by atoms with Crippen LogP contribution in [-0.2, 0) is 15.9 Å². The lowest BCUT2D eigenvalue weighted by atomic mass is 10.0. The Balaban J connectivity index is 1.25. The molecule has 114 valence electrons. The summed E-state index contributed by atoms with van der Waals surface area (Å²) in [6, 6.07) is 19.4. The number of benzene rings is 2. The largest absolute Gasteiger partial charge is 0.375 e. The fraction of sp³-hybridized carbons (Fsp3) is 0.400. The second kappa shape index (κ2) is 6.23. The summed E-state index contributed by atoms with van der Waals surface area (Å²) in [4.78, 5) is 0. The van der Waals surface area contributed by atoms with E-state index in [1.807, 2.05) is 0 Å². The van der Waals surface area contributed by atoms with Gasteiger partial charge >= 0.3 is 0 Å². The number of ether oxygens (including phenoxy) is 2. The van der Waals surface area contributed by atoms with Crippen LogP contribution in [0.4, 0.5) is 0 Å². The van der Waals surface area contributed by atoms with Gasteiger partial charge in [0.1, 0.15) is 6.10 Å². The van der Waals surface area contributed by atoms with Crippen LogP contribution >= 0.6 is 0 Å². The minimum atomic E-state index is 0.366. The van der Waals surface area contributed by atoms with E-state index >= 15 is 0 Å². The number of epoxide rings is 1. The fourth-order valence-electron chi connectivity index (χ4n) is 3.39. The molecule has 0 bridgehead atoms. The first-order chi connectivity index (χ1) is 10.9. The number of hydrogen-bond acceptors (Lipinski definition) is 2. The van der Waals surface area contributed by atoms with E-state index in [4.69, 9.17) is 9.47 Å². The molecule has 0 amide bonds. The molecule has 2 nitrogen and oxygen atoms in total. The van der Waals surface area contributed by atoms with Gasteiger partial charge in [-0.15, -0.1) is 0 Å². The van der Waals surface area contributed by atoms with Crippen molar-refractivity contribution < 1.29 is 9.47 Å². The Morgan fingerprint density at radius 2 is 1.68 bits per heavy atom. The van der Waals surface area contributed by atoms with E-state index in [1.54, 1.807) is 0 Å². The van der Waals surface area contributed by atoms with Crippen LogP contribution in [0.5, 0.6) is 0 Å². The SMILES string of the molecule is c1ccc(-c2ccc(CCCOC3CCC4OC34)cc2)cc1. The monoisotopic (exact) mass is 294 g/mol. The lowest BCUT2D eigenvalue weighted by Gasteiger charge is -2.12. The molecule has 0 aromatic heterocycles. The van der Waals surface area contributed by atoms with E-state index in [2.05, 4.69) is 54.6 Å². The topological polar surface area (TPSA) is 21.8 Å². The van der Waals surface area contributed by atoms with Crippen molar-refractivity contribution >= 4 is 0 Å². The first-order valence-electron chi connectivity index (χ1n) is 8.31. The maximum Gasteiger partial charge on any atom is 0.110 e. The molecule has 1 heterocycles. The Kier molecular flexibility index (Phi) is 3.96. The summed E-state index contributed by atoms with van der Waals surface area (Å²) >= 11 is 0. The van der Waals surface area contributed by atoms with Crippen LogP contribution < -0.4 is 0 Å². The third kappa shape index (κ3) is 3.08. The third-order valence-corrected chi connectivity index (χ3v) is 4.73. The first-order valence-corrected chi connectivity index (χ1v) is 8.31. The Morgan fingerprint density at radius 3 is 2.36 bits per heavy atom. The quantitative estimate of drug-likeness (QED) is 0.587. The summed E-state index contributed by atoms with van der Waals surface area (Å²) in [5, 5.41) is 0. The summed E-state index contributed by atoms with van der Waals surface area (Å²) in [7, 11) is 0. The molecular formula is C20H22O2. The lowest BCUT2D eigenvalue weighted by Crippen LogP contribution is -2.17. The van der Waals surface area contributed by atoms with Crippen LogP contribution in [-0.4, -0.2) is 24.9 Å². The van der Waals surface area contributed by atoms with Crippen LogP contribution in [0.25, 0.3) is 11.1 Å². The van der Waals surface area contributed by atoms with Crippen molar-refractivity contribution in [3.63, 3.8) is 0 Å². The van der Waals surface area contributed by atoms with Crippen LogP contribution in [0.3, 0.4) is 0 Å². The van der Waals surface area contributed by atoms with E-state index in [-0.39, 0.29) is 0 Å². The summed E-state index contributed by atoms with van der Waals surface area (Å²) in [5.74, 6) is 0. The molecule has 2 aliphatic rings. The van der Waals surface area contributed by atoms with Gasteiger partial charge in [0, 0.05) is 6.61 Å². The molecule has 1 aliphatic carbocycles. The molecule has 3 unspecified atom stereocenters. The standard InChI is InChI=1S/C20H22O2/c1-2-6-16(7-3-1)17-10-8-15(9-11-17)5-4-14-21-18-12-13-19-20(18)22-19/h1-3,6-11,18-20H,4-5,12-14H2. The lowest BCUT2D eigenvalue weighted by molar-refractivity contribution is 0.0260. The molecule has 4 rings (SSSR count). The predicted octanol–water partition coefficient (Wildman–Crippen LogP) is 4.23. The van der Waals surface area contributed by atoms with Crippen molar-refractivity contribution in [1.82, 2.24) is 0 Å². The molecule has 2 heteroatoms. The van der Waals surface area contributed by atoms with Gasteiger partial charge in [-0.3, -0.25) is 0 Å². The zero-order chi connectivity index (χ0) is 14.8. The minimum Gasteiger partial charge on any atom is -0.375 e. The minimum absolute atomic E-state index is 0.366. The molecule has 2 aromatic carbocycles. The van der Waals surface area contributed by atoms with E-state index in [9.17, 15) is 0 Å². The van der Waals surface area contributed by atoms with Crippen LogP contribution in [0.1, 0.15) is 24.8 Å². The number of aryl methyl sites for hydroxylation is 1. The van der Waals surface area contributed by atoms with Crippen molar-refractivity contribution in [2.45, 2.75) is 44.0 Å². The fourth-order valence-corrected chi connectivity index (χ4v) is 3.39. The molecule has 3 atom stereocenters. The zero-order valence-electron chi connectivity index (χ0n) is 12.8. The summed E-state index contributed by atoms with van der Waals surface area (Å²) < 4.78 is 11.5. The summed E-state index contributed by atoms with van der Waals surface area (Å²) in [6.07, 6.45) is 5.85. The highest BCUT2D eigenvalue weighted by molar-refractivity contribution is 5.63. The van der Waals surface area contributed by atoms with Gasteiger partial charge in [-0.25, -0.2) is 0 Å². The number of rotatable bonds is 6. The summed E-state index contributed by atoms with van der Waals surface area (Å²) in [5.41, 5.74) is 3.94. The Labute approximate surface area is 132 Å². The predicted molar refractivity (Wildman–Crippen MR) is 87.8 cm³/mol. The van der Waals surface area contributed by atoms with E-state index in [0.29, 0.717) is 18.3 Å². The van der Waals surface area contributed by atoms with Crippen LogP contribution in [0, 0.1) is 0 Å². The van der Waals surface area contributed by atoms with Crippen LogP contribution in [0.2, 0.25) is 0 Å². The van der Waals surface area contributed by atoms with E-state index < -0.39 is 0 Å². The van der Waals surface area contributed by atoms with Crippen molar-refractivity contribution in [2.75, 3.05) is 6.61 Å². The van der Waals surface area contributed by atoms with Gasteiger partial charge in [0.2, 0.25) is 0 Å². The maximum absolute atomic E-state index is 5.95. The van der Waals surface area contributed by atoms with Gasteiger partial charge in [0.05, 0.1) is 12.2 Å². The number of fused-ring (bicyclic) bond motifs is 1. The summed E-state index contributed by atoms with van der Waals surface area (Å²) in [6.45, 7) is 0.845. The Bertz CT molecular complexity index is 605. The number of hydrogen-bond donors (Lipinski definition) is 0. The molecule has 2 aromatic rings. The van der Waals surface area contributed by atoms with Gasteiger partial charge in [-0.05, 0) is 42.4 Å². The average Bonchev–Trinajstić information content (AvgIpc) is 3.26. The zero-order valence-corrected chi connectivity index (χ0v) is 12.8. The van der Waals surface area contributed by atoms with Gasteiger partial charge in [0.15, 0.2) is 0 Å². The first kappa shape index (κ1) is 14.0. The van der Waals surface area contributed by atoms with Crippen molar-refractivity contribution in [2.24, 2.45) is 0 Å². The third-order valence-electron chi connectivity index (χ3n) is 4.73. The molecule has 2 fully saturated rings. The highest BCUT2D eigenvalue weighted by Crippen LogP contribution is 2.40. The smallest absolute Gasteiger partial charge is 0.110 e. The Hall–Kier alpha value is -1.64. The maximum atomic E-state index is 5.95. The highest BCUT2D eigenvalue weighted by atomic mass is 16.6.